The van der Waals surface area contributed by atoms with Gasteiger partial charge in [-0.3, -0.25) is 28.7 Å². The van der Waals surface area contributed by atoms with E-state index in [0.29, 0.717) is 51.7 Å². The normalized spacial score (nSPS) is 23.5. The molecule has 0 radical (unpaired) electrons. The van der Waals surface area contributed by atoms with Crippen molar-refractivity contribution >= 4 is 73.4 Å². The maximum atomic E-state index is 13.9. The number of piperidine rings is 1. The molecule has 1 aromatic carbocycles. The van der Waals surface area contributed by atoms with Gasteiger partial charge in [-0.2, -0.15) is 5.10 Å². The molecular weight excluding hydrogens is 702 g/mol. The van der Waals surface area contributed by atoms with Gasteiger partial charge in [0.25, 0.3) is 0 Å². The summed E-state index contributed by atoms with van der Waals surface area (Å²) in [6.07, 6.45) is 13.9. The Morgan fingerprint density at radius 3 is 2.20 bits per heavy atom. The van der Waals surface area contributed by atoms with Crippen molar-refractivity contribution in [1.82, 2.24) is 19.7 Å². The van der Waals surface area contributed by atoms with E-state index in [2.05, 4.69) is 48.9 Å². The highest BCUT2D eigenvalue weighted by Crippen LogP contribution is 2.59. The Balaban J connectivity index is 1.20. The van der Waals surface area contributed by atoms with Crippen LogP contribution in [0.3, 0.4) is 0 Å². The molecule has 3 aliphatic rings. The summed E-state index contributed by atoms with van der Waals surface area (Å²) in [5.41, 5.74) is 1.48. The van der Waals surface area contributed by atoms with Gasteiger partial charge in [0.15, 0.2) is 5.78 Å². The van der Waals surface area contributed by atoms with Crippen molar-refractivity contribution in [2.75, 3.05) is 16.0 Å². The number of amides is 4. The third-order valence-corrected chi connectivity index (χ3v) is 11.1. The van der Waals surface area contributed by atoms with Gasteiger partial charge >= 0.3 is 0 Å². The molecule has 2 fully saturated rings. The number of Topliss-reactive ketones (excluding diaryl/α,β-unsaturated/α-hetero) is 1. The Bertz CT molecular complexity index is 1810. The van der Waals surface area contributed by atoms with Crippen LogP contribution in [0.25, 0.3) is 10.9 Å². The van der Waals surface area contributed by atoms with Crippen LogP contribution in [0.2, 0.25) is 0 Å². The van der Waals surface area contributed by atoms with Crippen molar-refractivity contribution in [3.8, 4) is 0 Å². The van der Waals surface area contributed by atoms with Gasteiger partial charge in [0.1, 0.15) is 24.1 Å². The lowest BCUT2D eigenvalue weighted by atomic mass is 10.0. The maximum Gasteiger partial charge on any atom is 0.248 e. The number of nitrogens with zero attached hydrogens (tertiary/aromatic N) is 4. The zero-order chi connectivity index (χ0) is 35.4. The summed E-state index contributed by atoms with van der Waals surface area (Å²) >= 11 is 3.56. The van der Waals surface area contributed by atoms with E-state index in [0.717, 1.165) is 51.4 Å². The topological polar surface area (TPSA) is 155 Å². The number of benzene rings is 1. The second kappa shape index (κ2) is 15.4. The molecule has 2 aromatic heterocycles. The lowest BCUT2D eigenvalue weighted by molar-refractivity contribution is -0.138. The highest BCUT2D eigenvalue weighted by Gasteiger charge is 2.64. The first-order valence-electron chi connectivity index (χ1n) is 17.9. The molecule has 1 saturated carbocycles. The van der Waals surface area contributed by atoms with Crippen LogP contribution < -0.4 is 16.0 Å². The lowest BCUT2D eigenvalue weighted by Gasteiger charge is -2.27. The molecule has 3 N–H and O–H groups in total. The highest BCUT2D eigenvalue weighted by molar-refractivity contribution is 9.10. The summed E-state index contributed by atoms with van der Waals surface area (Å²) in [6.45, 7) is 3.41. The molecule has 12 nitrogen and oxygen atoms in total. The van der Waals surface area contributed by atoms with Crippen molar-refractivity contribution in [3.05, 3.63) is 40.6 Å². The zero-order valence-corrected chi connectivity index (χ0v) is 30.4. The summed E-state index contributed by atoms with van der Waals surface area (Å²) in [6, 6.07) is 6.45. The van der Waals surface area contributed by atoms with Crippen molar-refractivity contribution < 1.29 is 24.0 Å². The van der Waals surface area contributed by atoms with Crippen LogP contribution >= 0.6 is 15.9 Å². The van der Waals surface area contributed by atoms with Crippen LogP contribution in [0.15, 0.2) is 34.9 Å². The van der Waals surface area contributed by atoms with Crippen LogP contribution in [0, 0.1) is 5.41 Å². The van der Waals surface area contributed by atoms with Gasteiger partial charge in [0, 0.05) is 31.2 Å². The lowest BCUT2D eigenvalue weighted by Crippen LogP contribution is -2.47. The molecule has 0 spiro atoms. The second-order valence-electron chi connectivity index (χ2n) is 14.3. The third-order valence-electron chi connectivity index (χ3n) is 10.4. The largest absolute Gasteiger partial charge is 0.325 e. The first-order valence-corrected chi connectivity index (χ1v) is 18.7. The Labute approximate surface area is 300 Å². The summed E-state index contributed by atoms with van der Waals surface area (Å²) in [5.74, 6) is -1.03. The number of para-hydroxylation sites is 1. The quantitative estimate of drug-likeness (QED) is 0.238. The first-order chi connectivity index (χ1) is 24.1. The van der Waals surface area contributed by atoms with Crippen LogP contribution in [-0.4, -0.2) is 61.2 Å². The molecule has 6 rings (SSSR count). The number of rotatable bonds is 5. The standard InChI is InChI=1S/C37H46BrN7O5/c1-23(46)33-24-15-13-14-16-26(24)44(43-33)22-31(49)45-27(19-37(2)20-28(37)45)36(50)42-35-32(38)34-25(21-39-35)40-29(47)17-11-9-7-5-3-4-6-8-10-12-18-30(48)41-34/h13-16,21,27-28H,3-12,17-20,22H2,1-2H3,(H,40,47)(H,41,48)(H,39,42,50)/t27-,28+,37-/m0/s1. The number of pyridine rings is 1. The molecule has 50 heavy (non-hydrogen) atoms. The van der Waals surface area contributed by atoms with E-state index in [1.807, 2.05) is 24.3 Å². The van der Waals surface area contributed by atoms with Crippen molar-refractivity contribution in [1.29, 1.82) is 0 Å². The number of fused-ring (bicyclic) bond motifs is 3. The second-order valence-corrected chi connectivity index (χ2v) is 15.1. The van der Waals surface area contributed by atoms with E-state index in [-0.39, 0.29) is 47.3 Å². The van der Waals surface area contributed by atoms with Crippen LogP contribution in [-0.2, 0) is 25.7 Å². The minimum Gasteiger partial charge on any atom is -0.325 e. The number of nitrogens with one attached hydrogen (secondary N) is 3. The van der Waals surface area contributed by atoms with Gasteiger partial charge in [-0.15, -0.1) is 0 Å². The molecular formula is C37H46BrN7O5. The van der Waals surface area contributed by atoms with Gasteiger partial charge < -0.3 is 20.9 Å². The van der Waals surface area contributed by atoms with E-state index in [1.54, 1.807) is 4.90 Å². The smallest absolute Gasteiger partial charge is 0.248 e. The number of hydrogen-bond acceptors (Lipinski definition) is 7. The molecule has 0 unspecified atom stereocenters. The van der Waals surface area contributed by atoms with Crippen molar-refractivity contribution in [3.63, 3.8) is 0 Å². The Hall–Kier alpha value is -4.13. The molecule has 0 bridgehead atoms. The monoisotopic (exact) mass is 747 g/mol. The number of aromatic nitrogens is 3. The minimum atomic E-state index is -0.752. The summed E-state index contributed by atoms with van der Waals surface area (Å²) in [5, 5.41) is 13.9. The maximum absolute atomic E-state index is 13.9. The number of likely N-dealkylation sites (tertiary alicyclic amines) is 1. The molecule has 266 valence electrons. The van der Waals surface area contributed by atoms with Gasteiger partial charge in [-0.05, 0) is 53.1 Å². The molecule has 3 aromatic rings. The average molecular weight is 749 g/mol. The molecule has 3 atom stereocenters. The Kier molecular flexibility index (Phi) is 11.0. The number of halogens is 1. The fourth-order valence-corrected chi connectivity index (χ4v) is 7.98. The van der Waals surface area contributed by atoms with Gasteiger partial charge in [0.05, 0.1) is 27.6 Å². The average Bonchev–Trinajstić information content (AvgIpc) is 3.44. The molecule has 2 aliphatic heterocycles. The van der Waals surface area contributed by atoms with Gasteiger partial charge in [0.2, 0.25) is 23.6 Å². The van der Waals surface area contributed by atoms with Crippen molar-refractivity contribution in [2.24, 2.45) is 5.41 Å². The van der Waals surface area contributed by atoms with Crippen LogP contribution in [0.5, 0.6) is 0 Å². The minimum absolute atomic E-state index is 0.0855. The SMILES string of the molecule is CC(=O)c1nn(CC(=O)N2[C@H](C(=O)Nc3ncc4c(c3Br)NC(=O)CCCCCCCCCCCCC(=O)N4)C[C@@]3(C)C[C@@H]23)c2ccccc12. The molecule has 4 amide bonds. The zero-order valence-electron chi connectivity index (χ0n) is 28.9. The van der Waals surface area contributed by atoms with Gasteiger partial charge in [-0.1, -0.05) is 76.5 Å². The summed E-state index contributed by atoms with van der Waals surface area (Å²) in [7, 11) is 0. The van der Waals surface area contributed by atoms with E-state index >= 15 is 0 Å². The Morgan fingerprint density at radius 1 is 0.920 bits per heavy atom. The predicted molar refractivity (Wildman–Crippen MR) is 195 cm³/mol. The molecule has 1 saturated heterocycles. The highest BCUT2D eigenvalue weighted by atomic mass is 79.9. The summed E-state index contributed by atoms with van der Waals surface area (Å²) < 4.78 is 1.87. The van der Waals surface area contributed by atoms with Crippen molar-refractivity contribution in [2.45, 2.75) is 122 Å². The van der Waals surface area contributed by atoms with Gasteiger partial charge in [-0.25, -0.2) is 4.98 Å². The van der Waals surface area contributed by atoms with Crippen LogP contribution in [0.1, 0.15) is 114 Å². The molecule has 1 aliphatic carbocycles. The summed E-state index contributed by atoms with van der Waals surface area (Å²) in [4.78, 5) is 72.2. The van der Waals surface area contributed by atoms with Crippen LogP contribution in [0.4, 0.5) is 17.2 Å². The van der Waals surface area contributed by atoms with E-state index in [4.69, 9.17) is 0 Å². The fourth-order valence-electron chi connectivity index (χ4n) is 7.47. The number of hydrogen-bond donors (Lipinski definition) is 3. The third kappa shape index (κ3) is 7.92. The predicted octanol–water partition coefficient (Wildman–Crippen LogP) is 6.99. The van der Waals surface area contributed by atoms with E-state index in [1.165, 1.54) is 37.1 Å². The van der Waals surface area contributed by atoms with E-state index in [9.17, 15) is 24.0 Å². The number of carbonyl (C=O) groups excluding carboxylic acids is 5. The number of carbonyl (C=O) groups is 5. The fraction of sp³-hybridized carbons (Fsp3) is 0.541. The molecule has 13 heteroatoms. The first kappa shape index (κ1) is 35.7. The molecule has 4 heterocycles. The number of anilines is 3. The Morgan fingerprint density at radius 2 is 1.54 bits per heavy atom. The number of ketones is 1. The van der Waals surface area contributed by atoms with E-state index < -0.39 is 11.9 Å².